The van der Waals surface area contributed by atoms with Crippen LogP contribution in [0.5, 0.6) is 11.5 Å². The fourth-order valence-electron chi connectivity index (χ4n) is 3.15. The van der Waals surface area contributed by atoms with Crippen LogP contribution in [-0.2, 0) is 16.1 Å². The van der Waals surface area contributed by atoms with Gasteiger partial charge in [-0.2, -0.15) is 0 Å². The van der Waals surface area contributed by atoms with E-state index in [-0.39, 0.29) is 11.3 Å². The number of fused-ring (bicyclic) bond motifs is 1. The molecule has 2 aliphatic heterocycles. The van der Waals surface area contributed by atoms with Crippen LogP contribution in [0.2, 0.25) is 0 Å². The number of methoxy groups -OCH3 is 1. The lowest BCUT2D eigenvalue weighted by molar-refractivity contribution is -0.129. The fraction of sp³-hybridized carbons (Fsp3) is 0.588. The molecule has 126 valence electrons. The molecule has 1 saturated heterocycles. The van der Waals surface area contributed by atoms with Crippen LogP contribution in [0.15, 0.2) is 18.2 Å². The smallest absolute Gasteiger partial charge is 0.231 e. The summed E-state index contributed by atoms with van der Waals surface area (Å²) in [6.07, 6.45) is 0.871. The SMILES string of the molecule is COCCNC(=O)C1(C)CCN(Cc2ccc3c(c2)OCO3)C1. The van der Waals surface area contributed by atoms with Crippen molar-refractivity contribution >= 4 is 5.91 Å². The highest BCUT2D eigenvalue weighted by Gasteiger charge is 2.40. The van der Waals surface area contributed by atoms with Gasteiger partial charge in [-0.15, -0.1) is 0 Å². The van der Waals surface area contributed by atoms with E-state index in [1.807, 2.05) is 19.1 Å². The van der Waals surface area contributed by atoms with E-state index in [0.717, 1.165) is 37.6 Å². The Morgan fingerprint density at radius 3 is 3.04 bits per heavy atom. The largest absolute Gasteiger partial charge is 0.454 e. The predicted octanol–water partition coefficient (Wildman–Crippen LogP) is 1.39. The Bertz CT molecular complexity index is 578. The molecule has 0 radical (unpaired) electrons. The molecule has 2 heterocycles. The highest BCUT2D eigenvalue weighted by molar-refractivity contribution is 5.82. The maximum absolute atomic E-state index is 12.4. The Labute approximate surface area is 136 Å². The third-order valence-corrected chi connectivity index (χ3v) is 4.54. The molecule has 1 fully saturated rings. The van der Waals surface area contributed by atoms with Gasteiger partial charge in [0.25, 0.3) is 0 Å². The van der Waals surface area contributed by atoms with E-state index >= 15 is 0 Å². The molecule has 0 spiro atoms. The number of ether oxygens (including phenoxy) is 3. The number of nitrogens with one attached hydrogen (secondary N) is 1. The Morgan fingerprint density at radius 1 is 1.39 bits per heavy atom. The van der Waals surface area contributed by atoms with Crippen LogP contribution in [0.3, 0.4) is 0 Å². The van der Waals surface area contributed by atoms with Gasteiger partial charge in [-0.3, -0.25) is 9.69 Å². The van der Waals surface area contributed by atoms with Gasteiger partial charge in [-0.05, 0) is 37.6 Å². The van der Waals surface area contributed by atoms with Crippen LogP contribution in [0.1, 0.15) is 18.9 Å². The summed E-state index contributed by atoms with van der Waals surface area (Å²) in [4.78, 5) is 14.7. The maximum atomic E-state index is 12.4. The van der Waals surface area contributed by atoms with Gasteiger partial charge in [0.05, 0.1) is 12.0 Å². The van der Waals surface area contributed by atoms with Gasteiger partial charge >= 0.3 is 0 Å². The summed E-state index contributed by atoms with van der Waals surface area (Å²) in [5.74, 6) is 1.72. The molecule has 6 nitrogen and oxygen atoms in total. The Morgan fingerprint density at radius 2 is 2.22 bits per heavy atom. The minimum Gasteiger partial charge on any atom is -0.454 e. The first-order valence-corrected chi connectivity index (χ1v) is 7.99. The van der Waals surface area contributed by atoms with Crippen molar-refractivity contribution < 1.29 is 19.0 Å². The highest BCUT2D eigenvalue weighted by Crippen LogP contribution is 2.35. The quantitative estimate of drug-likeness (QED) is 0.803. The summed E-state index contributed by atoms with van der Waals surface area (Å²) < 4.78 is 15.7. The van der Waals surface area contributed by atoms with Crippen molar-refractivity contribution in [3.05, 3.63) is 23.8 Å². The summed E-state index contributed by atoms with van der Waals surface area (Å²) in [6, 6.07) is 6.03. The molecule has 3 rings (SSSR count). The fourth-order valence-corrected chi connectivity index (χ4v) is 3.15. The monoisotopic (exact) mass is 320 g/mol. The van der Waals surface area contributed by atoms with Crippen molar-refractivity contribution in [3.8, 4) is 11.5 Å². The lowest BCUT2D eigenvalue weighted by Crippen LogP contribution is -2.42. The van der Waals surface area contributed by atoms with Gasteiger partial charge in [0.2, 0.25) is 12.7 Å². The lowest BCUT2D eigenvalue weighted by atomic mass is 9.89. The summed E-state index contributed by atoms with van der Waals surface area (Å²) >= 11 is 0. The zero-order valence-electron chi connectivity index (χ0n) is 13.8. The first-order valence-electron chi connectivity index (χ1n) is 7.99. The summed E-state index contributed by atoms with van der Waals surface area (Å²) in [7, 11) is 1.64. The van der Waals surface area contributed by atoms with Crippen LogP contribution in [-0.4, -0.2) is 51.0 Å². The van der Waals surface area contributed by atoms with Crippen molar-refractivity contribution in [1.29, 1.82) is 0 Å². The van der Waals surface area contributed by atoms with Crippen LogP contribution in [0.4, 0.5) is 0 Å². The number of carbonyl (C=O) groups is 1. The molecule has 1 atom stereocenters. The standard InChI is InChI=1S/C17H24N2O4/c1-17(16(20)18-6-8-21-2)5-7-19(11-17)10-13-3-4-14-15(9-13)23-12-22-14/h3-4,9H,5-8,10-12H2,1-2H3,(H,18,20). The Hall–Kier alpha value is -1.79. The third kappa shape index (κ3) is 3.59. The Kier molecular flexibility index (Phi) is 4.73. The third-order valence-electron chi connectivity index (χ3n) is 4.54. The predicted molar refractivity (Wildman–Crippen MR) is 85.5 cm³/mol. The zero-order valence-corrected chi connectivity index (χ0v) is 13.8. The molecule has 1 unspecified atom stereocenters. The molecular weight excluding hydrogens is 296 g/mol. The minimum atomic E-state index is -0.329. The van der Waals surface area contributed by atoms with E-state index in [9.17, 15) is 4.79 Å². The molecule has 1 N–H and O–H groups in total. The van der Waals surface area contributed by atoms with Gasteiger partial charge in [-0.1, -0.05) is 6.07 Å². The van der Waals surface area contributed by atoms with E-state index < -0.39 is 0 Å². The summed E-state index contributed by atoms with van der Waals surface area (Å²) in [6.45, 7) is 5.94. The van der Waals surface area contributed by atoms with Crippen molar-refractivity contribution in [2.75, 3.05) is 40.1 Å². The first-order chi connectivity index (χ1) is 11.1. The number of nitrogens with zero attached hydrogens (tertiary/aromatic N) is 1. The Balaban J connectivity index is 1.56. The van der Waals surface area contributed by atoms with Gasteiger partial charge in [0.1, 0.15) is 0 Å². The van der Waals surface area contributed by atoms with Gasteiger partial charge < -0.3 is 19.5 Å². The second-order valence-corrected chi connectivity index (χ2v) is 6.46. The van der Waals surface area contributed by atoms with Crippen LogP contribution < -0.4 is 14.8 Å². The molecule has 0 bridgehead atoms. The van der Waals surface area contributed by atoms with E-state index in [2.05, 4.69) is 16.3 Å². The molecule has 1 amide bonds. The molecule has 0 saturated carbocycles. The molecule has 0 aliphatic carbocycles. The van der Waals surface area contributed by atoms with E-state index in [1.165, 1.54) is 5.56 Å². The van der Waals surface area contributed by atoms with E-state index in [0.29, 0.717) is 19.9 Å². The molecular formula is C17H24N2O4. The van der Waals surface area contributed by atoms with Gasteiger partial charge in [-0.25, -0.2) is 0 Å². The zero-order chi connectivity index (χ0) is 16.3. The van der Waals surface area contributed by atoms with Crippen LogP contribution in [0, 0.1) is 5.41 Å². The maximum Gasteiger partial charge on any atom is 0.231 e. The van der Waals surface area contributed by atoms with Crippen LogP contribution >= 0.6 is 0 Å². The molecule has 1 aromatic rings. The first kappa shape index (κ1) is 16.1. The van der Waals surface area contributed by atoms with E-state index in [4.69, 9.17) is 14.2 Å². The molecule has 6 heteroatoms. The molecule has 1 aromatic carbocycles. The number of hydrogen-bond acceptors (Lipinski definition) is 5. The number of carbonyl (C=O) groups excluding carboxylic acids is 1. The second kappa shape index (κ2) is 6.76. The summed E-state index contributed by atoms with van der Waals surface area (Å²) in [5, 5.41) is 2.96. The molecule has 2 aliphatic rings. The average molecular weight is 320 g/mol. The normalized spacial score (nSPS) is 23.2. The van der Waals surface area contributed by atoms with E-state index in [1.54, 1.807) is 7.11 Å². The number of benzene rings is 1. The number of likely N-dealkylation sites (tertiary alicyclic amines) is 1. The lowest BCUT2D eigenvalue weighted by Gasteiger charge is -2.24. The minimum absolute atomic E-state index is 0.114. The highest BCUT2D eigenvalue weighted by atomic mass is 16.7. The van der Waals surface area contributed by atoms with Crippen molar-refractivity contribution in [2.45, 2.75) is 19.9 Å². The van der Waals surface area contributed by atoms with Crippen molar-refractivity contribution in [3.63, 3.8) is 0 Å². The number of hydrogen-bond donors (Lipinski definition) is 1. The van der Waals surface area contributed by atoms with Gasteiger partial charge in [0.15, 0.2) is 11.5 Å². The number of amides is 1. The summed E-state index contributed by atoms with van der Waals surface area (Å²) in [5.41, 5.74) is 0.850. The van der Waals surface area contributed by atoms with Crippen molar-refractivity contribution in [1.82, 2.24) is 10.2 Å². The van der Waals surface area contributed by atoms with Crippen molar-refractivity contribution in [2.24, 2.45) is 5.41 Å². The number of rotatable bonds is 6. The van der Waals surface area contributed by atoms with Gasteiger partial charge in [0, 0.05) is 26.7 Å². The second-order valence-electron chi connectivity index (χ2n) is 6.46. The molecule has 0 aromatic heterocycles. The average Bonchev–Trinajstić information content (AvgIpc) is 3.14. The van der Waals surface area contributed by atoms with Crippen LogP contribution in [0.25, 0.3) is 0 Å². The molecule has 23 heavy (non-hydrogen) atoms. The topological polar surface area (TPSA) is 60.0 Å².